The summed E-state index contributed by atoms with van der Waals surface area (Å²) in [5.41, 5.74) is 4.42. The van der Waals surface area contributed by atoms with Crippen molar-refractivity contribution in [3.05, 3.63) is 58.6 Å². The maximum absolute atomic E-state index is 11.4. The third kappa shape index (κ3) is 4.44. The maximum atomic E-state index is 11.4. The van der Waals surface area contributed by atoms with Crippen molar-refractivity contribution in [2.75, 3.05) is 31.6 Å². The van der Waals surface area contributed by atoms with Crippen molar-refractivity contribution in [1.82, 2.24) is 9.88 Å². The number of carbonyl (C=O) groups is 1. The summed E-state index contributed by atoms with van der Waals surface area (Å²) in [6.45, 7) is 5.44. The van der Waals surface area contributed by atoms with E-state index in [0.717, 1.165) is 60.6 Å². The third-order valence-electron chi connectivity index (χ3n) is 5.10. The molecule has 1 saturated heterocycles. The minimum Gasteiger partial charge on any atom is -0.379 e. The number of fused-ring (bicyclic) bond motifs is 1. The molecule has 0 atom stereocenters. The number of benzene rings is 2. The molecule has 0 radical (unpaired) electrons. The highest BCUT2D eigenvalue weighted by molar-refractivity contribution is 6.31. The number of hydrogen-bond donors (Lipinski definition) is 1. The highest BCUT2D eigenvalue weighted by Crippen LogP contribution is 2.30. The summed E-state index contributed by atoms with van der Waals surface area (Å²) in [6.07, 6.45) is 0. The van der Waals surface area contributed by atoms with Crippen LogP contribution in [-0.2, 0) is 16.1 Å². The normalized spacial score (nSPS) is 14.4. The molecule has 1 fully saturated rings. The van der Waals surface area contributed by atoms with Crippen molar-refractivity contribution < 1.29 is 9.53 Å². The van der Waals surface area contributed by atoms with Gasteiger partial charge >= 0.3 is 0 Å². The Morgan fingerprint density at radius 2 is 2.03 bits per heavy atom. The molecule has 3 aromatic rings. The number of nitriles is 1. The van der Waals surface area contributed by atoms with Crippen molar-refractivity contribution in [3.8, 4) is 17.3 Å². The maximum Gasteiger partial charge on any atom is 0.221 e. The lowest BCUT2D eigenvalue weighted by atomic mass is 10.0. The fraction of sp³-hybridized carbons (Fsp3) is 0.261. The monoisotopic (exact) mass is 420 g/mol. The minimum atomic E-state index is -0.217. The molecule has 1 N–H and O–H groups in total. The molecule has 1 aromatic heterocycles. The van der Waals surface area contributed by atoms with Crippen molar-refractivity contribution >= 4 is 34.1 Å². The van der Waals surface area contributed by atoms with Crippen LogP contribution in [0.4, 0.5) is 5.69 Å². The van der Waals surface area contributed by atoms with Gasteiger partial charge in [0.15, 0.2) is 0 Å². The van der Waals surface area contributed by atoms with Gasteiger partial charge in [0.25, 0.3) is 0 Å². The van der Waals surface area contributed by atoms with Gasteiger partial charge in [0.1, 0.15) is 6.07 Å². The molecule has 0 unspecified atom stereocenters. The van der Waals surface area contributed by atoms with Crippen LogP contribution < -0.4 is 5.32 Å². The van der Waals surface area contributed by atoms with Crippen molar-refractivity contribution in [2.45, 2.75) is 13.5 Å². The van der Waals surface area contributed by atoms with Crippen LogP contribution in [0, 0.1) is 11.3 Å². The molecule has 0 saturated carbocycles. The molecular weight excluding hydrogens is 400 g/mol. The largest absolute Gasteiger partial charge is 0.379 e. The predicted octanol–water partition coefficient (Wildman–Crippen LogP) is 4.22. The van der Waals surface area contributed by atoms with Crippen molar-refractivity contribution in [1.29, 1.82) is 5.26 Å². The number of aromatic nitrogens is 1. The molecule has 0 bridgehead atoms. The lowest BCUT2D eigenvalue weighted by Gasteiger charge is -2.27. The Hall–Kier alpha value is -2.98. The number of morpholine rings is 1. The average Bonchev–Trinajstić information content (AvgIpc) is 2.74. The van der Waals surface area contributed by atoms with Gasteiger partial charge in [0.2, 0.25) is 5.91 Å². The summed E-state index contributed by atoms with van der Waals surface area (Å²) < 4.78 is 5.47. The molecule has 1 aliphatic heterocycles. The Balaban J connectivity index is 1.78. The van der Waals surface area contributed by atoms with Gasteiger partial charge in [-0.3, -0.25) is 9.69 Å². The van der Waals surface area contributed by atoms with E-state index in [4.69, 9.17) is 21.3 Å². The van der Waals surface area contributed by atoms with E-state index in [9.17, 15) is 10.1 Å². The van der Waals surface area contributed by atoms with Crippen LogP contribution in [-0.4, -0.2) is 42.1 Å². The zero-order valence-electron chi connectivity index (χ0n) is 16.6. The number of carbonyl (C=O) groups excluding carboxylic acids is 1. The Bertz CT molecular complexity index is 1150. The Labute approximate surface area is 180 Å². The SMILES string of the molecule is CC(=O)Nc1ccc(-c2cc(CN3CCOCC3)c3ccc(Cl)cc3n2)cc1C#N. The Morgan fingerprint density at radius 3 is 2.77 bits per heavy atom. The molecule has 7 heteroatoms. The van der Waals surface area contributed by atoms with Crippen LogP contribution >= 0.6 is 11.6 Å². The van der Waals surface area contributed by atoms with Crippen LogP contribution in [0.2, 0.25) is 5.02 Å². The number of nitrogens with zero attached hydrogens (tertiary/aromatic N) is 3. The first-order valence-electron chi connectivity index (χ1n) is 9.75. The smallest absolute Gasteiger partial charge is 0.221 e. The lowest BCUT2D eigenvalue weighted by molar-refractivity contribution is -0.114. The van der Waals surface area contributed by atoms with Gasteiger partial charge in [-0.2, -0.15) is 5.26 Å². The summed E-state index contributed by atoms with van der Waals surface area (Å²) in [7, 11) is 0. The summed E-state index contributed by atoms with van der Waals surface area (Å²) in [5, 5.41) is 13.9. The van der Waals surface area contributed by atoms with E-state index in [0.29, 0.717) is 16.3 Å². The van der Waals surface area contributed by atoms with Crippen molar-refractivity contribution in [2.24, 2.45) is 0 Å². The van der Waals surface area contributed by atoms with Gasteiger partial charge in [-0.05, 0) is 35.9 Å². The molecule has 2 heterocycles. The topological polar surface area (TPSA) is 78.2 Å². The predicted molar refractivity (Wildman–Crippen MR) is 117 cm³/mol. The molecule has 30 heavy (non-hydrogen) atoms. The molecule has 0 aliphatic carbocycles. The lowest BCUT2D eigenvalue weighted by Crippen LogP contribution is -2.35. The van der Waals surface area contributed by atoms with E-state index in [-0.39, 0.29) is 5.91 Å². The highest BCUT2D eigenvalue weighted by Gasteiger charge is 2.15. The van der Waals surface area contributed by atoms with Gasteiger partial charge in [0, 0.05) is 42.5 Å². The standard InChI is InChI=1S/C23H21ClN4O2/c1-15(29)26-21-5-2-16(10-17(21)13-25)22-11-18(14-28-6-8-30-9-7-28)20-4-3-19(24)12-23(20)27-22/h2-5,10-12H,6-9,14H2,1H3,(H,26,29). The van der Waals surface area contributed by atoms with E-state index in [1.807, 2.05) is 24.3 Å². The number of anilines is 1. The summed E-state index contributed by atoms with van der Waals surface area (Å²) in [6, 6.07) is 15.3. The van der Waals surface area contributed by atoms with Gasteiger partial charge in [-0.25, -0.2) is 4.98 Å². The fourth-order valence-electron chi connectivity index (χ4n) is 3.65. The van der Waals surface area contributed by atoms with Crippen molar-refractivity contribution in [3.63, 3.8) is 0 Å². The van der Waals surface area contributed by atoms with Crippen LogP contribution in [0.25, 0.3) is 22.2 Å². The zero-order chi connectivity index (χ0) is 21.1. The number of hydrogen-bond acceptors (Lipinski definition) is 5. The number of ether oxygens (including phenoxy) is 1. The first-order chi connectivity index (χ1) is 14.5. The van der Waals surface area contributed by atoms with Crippen LogP contribution in [0.5, 0.6) is 0 Å². The Morgan fingerprint density at radius 1 is 1.23 bits per heavy atom. The van der Waals surface area contributed by atoms with E-state index >= 15 is 0 Å². The molecule has 0 spiro atoms. The number of halogens is 1. The summed E-state index contributed by atoms with van der Waals surface area (Å²) in [4.78, 5) is 18.5. The van der Waals surface area contributed by atoms with Gasteiger partial charge in [-0.15, -0.1) is 0 Å². The number of rotatable bonds is 4. The zero-order valence-corrected chi connectivity index (χ0v) is 17.4. The summed E-state index contributed by atoms with van der Waals surface area (Å²) in [5.74, 6) is -0.217. The number of nitrogens with one attached hydrogen (secondary N) is 1. The van der Waals surface area contributed by atoms with Crippen LogP contribution in [0.15, 0.2) is 42.5 Å². The average molecular weight is 421 g/mol. The van der Waals surface area contributed by atoms with Crippen LogP contribution in [0.3, 0.4) is 0 Å². The van der Waals surface area contributed by atoms with Gasteiger partial charge < -0.3 is 10.1 Å². The van der Waals surface area contributed by atoms with E-state index in [1.54, 1.807) is 12.1 Å². The van der Waals surface area contributed by atoms with E-state index < -0.39 is 0 Å². The highest BCUT2D eigenvalue weighted by atomic mass is 35.5. The van der Waals surface area contributed by atoms with E-state index in [2.05, 4.69) is 22.4 Å². The molecule has 6 nitrogen and oxygen atoms in total. The second-order valence-corrected chi connectivity index (χ2v) is 7.71. The summed E-state index contributed by atoms with van der Waals surface area (Å²) >= 11 is 6.23. The molecule has 1 aliphatic rings. The Kier molecular flexibility index (Phi) is 5.96. The molecule has 152 valence electrons. The fourth-order valence-corrected chi connectivity index (χ4v) is 3.81. The molecular formula is C23H21ClN4O2. The van der Waals surface area contributed by atoms with E-state index in [1.165, 1.54) is 6.92 Å². The number of pyridine rings is 1. The number of amides is 1. The third-order valence-corrected chi connectivity index (χ3v) is 5.34. The second-order valence-electron chi connectivity index (χ2n) is 7.27. The molecule has 1 amide bonds. The van der Waals surface area contributed by atoms with Crippen LogP contribution in [0.1, 0.15) is 18.1 Å². The van der Waals surface area contributed by atoms with Gasteiger partial charge in [-0.1, -0.05) is 23.7 Å². The quantitative estimate of drug-likeness (QED) is 0.683. The van der Waals surface area contributed by atoms with Gasteiger partial charge in [0.05, 0.1) is 35.7 Å². The minimum absolute atomic E-state index is 0.217. The second kappa shape index (κ2) is 8.80. The first-order valence-corrected chi connectivity index (χ1v) is 10.1. The molecule has 2 aromatic carbocycles. The molecule has 4 rings (SSSR count). The first kappa shape index (κ1) is 20.3.